The number of hydrogen-bond acceptors (Lipinski definition) is 3. The van der Waals surface area contributed by atoms with Crippen LogP contribution in [0.2, 0.25) is 6.04 Å². The van der Waals surface area contributed by atoms with Gasteiger partial charge in [-0.15, -0.1) is 0 Å². The summed E-state index contributed by atoms with van der Waals surface area (Å²) in [7, 11) is -8.43. The fourth-order valence-corrected chi connectivity index (χ4v) is 7.31. The van der Waals surface area contributed by atoms with Crippen LogP contribution < -0.4 is 0 Å². The van der Waals surface area contributed by atoms with Gasteiger partial charge in [0.1, 0.15) is 0 Å². The van der Waals surface area contributed by atoms with Crippen molar-refractivity contribution < 1.29 is 25.5 Å². The smallest absolute Gasteiger partial charge is 0.311 e. The molecule has 3 nitrogen and oxygen atoms in total. The van der Waals surface area contributed by atoms with Gasteiger partial charge < -0.3 is 3.87 Å². The van der Waals surface area contributed by atoms with Gasteiger partial charge in [-0.05, 0) is 17.0 Å². The van der Waals surface area contributed by atoms with Gasteiger partial charge in [-0.2, -0.15) is 21.6 Å². The Balaban J connectivity index is 3.26. The predicted octanol–water partition coefficient (Wildman–Crippen LogP) is 4.14. The second kappa shape index (κ2) is 6.56. The maximum Gasteiger partial charge on any atom is 0.522 e. The molecule has 1 rings (SSSR count). The molecule has 1 aromatic carbocycles. The number of alkyl halides is 3. The molecule has 0 saturated carbocycles. The number of rotatable bonds is 5. The van der Waals surface area contributed by atoms with Gasteiger partial charge in [-0.1, -0.05) is 65.0 Å². The molecule has 1 unspecified atom stereocenters. The third-order valence-electron chi connectivity index (χ3n) is 3.65. The highest BCUT2D eigenvalue weighted by Gasteiger charge is 2.51. The second-order valence-electron chi connectivity index (χ2n) is 7.34. The first kappa shape index (κ1) is 20.2. The van der Waals surface area contributed by atoms with Gasteiger partial charge in [0.2, 0.25) is 9.04 Å². The molecular weight excluding hydrogens is 345 g/mol. The minimum absolute atomic E-state index is 0.296. The molecule has 0 N–H and O–H groups in total. The van der Waals surface area contributed by atoms with Gasteiger partial charge in [0, 0.05) is 5.04 Å². The van der Waals surface area contributed by atoms with E-state index in [0.717, 1.165) is 5.56 Å². The molecule has 23 heavy (non-hydrogen) atoms. The maximum atomic E-state index is 12.7. The van der Waals surface area contributed by atoms with E-state index in [2.05, 4.69) is 0 Å². The summed E-state index contributed by atoms with van der Waals surface area (Å²) in [5, 5.41) is -0.771. The van der Waals surface area contributed by atoms with E-state index in [-0.39, 0.29) is 5.41 Å². The van der Waals surface area contributed by atoms with E-state index in [1.54, 1.807) is 44.2 Å². The summed E-state index contributed by atoms with van der Waals surface area (Å²) >= 11 is 0. The van der Waals surface area contributed by atoms with Crippen molar-refractivity contribution >= 4 is 19.2 Å². The van der Waals surface area contributed by atoms with Gasteiger partial charge in [-0.3, -0.25) is 0 Å². The van der Waals surface area contributed by atoms with E-state index < -0.39 is 29.7 Å². The highest BCUT2D eigenvalue weighted by Crippen LogP contribution is 2.37. The lowest BCUT2D eigenvalue weighted by Crippen LogP contribution is -2.46. The number of halogens is 3. The third kappa shape index (κ3) is 5.32. The van der Waals surface area contributed by atoms with Crippen LogP contribution in [0, 0.1) is 5.41 Å². The van der Waals surface area contributed by atoms with Crippen LogP contribution in [-0.4, -0.2) is 23.0 Å². The quantitative estimate of drug-likeness (QED) is 0.579. The van der Waals surface area contributed by atoms with Crippen LogP contribution in [0.15, 0.2) is 30.3 Å². The molecule has 1 aromatic rings. The molecule has 0 aromatic heterocycles. The van der Waals surface area contributed by atoms with Crippen molar-refractivity contribution in [2.24, 2.45) is 5.41 Å². The molecule has 0 fully saturated rings. The van der Waals surface area contributed by atoms with Gasteiger partial charge in [0.05, 0.1) is 0 Å². The summed E-state index contributed by atoms with van der Waals surface area (Å²) in [6.45, 7) is 9.07. The Bertz CT molecular complexity index is 620. The average molecular weight is 368 g/mol. The molecule has 0 aliphatic carbocycles. The first-order valence-corrected chi connectivity index (χ1v) is 10.5. The summed E-state index contributed by atoms with van der Waals surface area (Å²) in [6.07, 6.45) is 0. The van der Waals surface area contributed by atoms with Crippen molar-refractivity contribution in [3.8, 4) is 0 Å². The summed E-state index contributed by atoms with van der Waals surface area (Å²) in [5.41, 5.74) is -4.97. The summed E-state index contributed by atoms with van der Waals surface area (Å²) in [4.78, 5) is 0. The fraction of sp³-hybridized carbons (Fsp3) is 0.600. The highest BCUT2D eigenvalue weighted by molar-refractivity contribution is 7.88. The highest BCUT2D eigenvalue weighted by atomic mass is 32.2. The van der Waals surface area contributed by atoms with Crippen LogP contribution in [0.3, 0.4) is 0 Å². The van der Waals surface area contributed by atoms with Crippen LogP contribution in [0.1, 0.15) is 40.2 Å². The molecule has 0 spiro atoms. The van der Waals surface area contributed by atoms with E-state index in [4.69, 9.17) is 3.87 Å². The largest absolute Gasteiger partial charge is 0.522 e. The molecule has 0 bridgehead atoms. The second-order valence-corrected chi connectivity index (χ2v) is 12.3. The van der Waals surface area contributed by atoms with Gasteiger partial charge in [-0.25, -0.2) is 0 Å². The Labute approximate surface area is 137 Å². The lowest BCUT2D eigenvalue weighted by molar-refractivity contribution is -0.0503. The van der Waals surface area contributed by atoms with Crippen molar-refractivity contribution in [1.82, 2.24) is 0 Å². The van der Waals surface area contributed by atoms with E-state index in [9.17, 15) is 21.6 Å². The lowest BCUT2D eigenvalue weighted by Gasteiger charge is -2.36. The molecule has 8 heteroatoms. The van der Waals surface area contributed by atoms with Crippen LogP contribution >= 0.6 is 0 Å². The Morgan fingerprint density at radius 1 is 1.00 bits per heavy atom. The standard InChI is InChI=1S/C15H23F3O3SSi/c1-13(2,3)11-23(21-22(19,20)15(16,17)18)14(4,5)12-9-7-6-8-10-12/h6-10,23H,11H2,1-5H3. The molecule has 0 amide bonds. The van der Waals surface area contributed by atoms with Crippen molar-refractivity contribution in [1.29, 1.82) is 0 Å². The molecule has 0 aliphatic rings. The van der Waals surface area contributed by atoms with E-state index in [1.165, 1.54) is 0 Å². The summed E-state index contributed by atoms with van der Waals surface area (Å²) in [5.74, 6) is 0. The van der Waals surface area contributed by atoms with E-state index in [1.807, 2.05) is 20.8 Å². The van der Waals surface area contributed by atoms with Gasteiger partial charge in [0.25, 0.3) is 0 Å². The Kier molecular flexibility index (Phi) is 5.76. The molecule has 0 saturated heterocycles. The Morgan fingerprint density at radius 3 is 1.87 bits per heavy atom. The van der Waals surface area contributed by atoms with E-state index >= 15 is 0 Å². The third-order valence-corrected chi connectivity index (χ3v) is 9.70. The van der Waals surface area contributed by atoms with E-state index in [0.29, 0.717) is 6.04 Å². The minimum Gasteiger partial charge on any atom is -0.311 e. The monoisotopic (exact) mass is 368 g/mol. The molecular formula is C15H23F3O3SSi. The van der Waals surface area contributed by atoms with Crippen LogP contribution in [-0.2, 0) is 19.0 Å². The zero-order valence-corrected chi connectivity index (χ0v) is 15.9. The molecule has 0 radical (unpaired) electrons. The zero-order valence-electron chi connectivity index (χ0n) is 13.9. The van der Waals surface area contributed by atoms with Gasteiger partial charge in [0.15, 0.2) is 0 Å². The Hall–Kier alpha value is -0.863. The fourth-order valence-electron chi connectivity index (χ4n) is 2.23. The van der Waals surface area contributed by atoms with Crippen molar-refractivity contribution in [2.45, 2.75) is 51.2 Å². The van der Waals surface area contributed by atoms with Crippen molar-refractivity contribution in [2.75, 3.05) is 0 Å². The first-order chi connectivity index (χ1) is 10.2. The first-order valence-electron chi connectivity index (χ1n) is 7.22. The minimum atomic E-state index is -5.60. The summed E-state index contributed by atoms with van der Waals surface area (Å²) < 4.78 is 66.0. The summed E-state index contributed by atoms with van der Waals surface area (Å²) in [6, 6.07) is 9.21. The maximum absolute atomic E-state index is 12.7. The zero-order chi connectivity index (χ0) is 18.1. The predicted molar refractivity (Wildman–Crippen MR) is 86.9 cm³/mol. The van der Waals surface area contributed by atoms with Crippen LogP contribution in [0.25, 0.3) is 0 Å². The Morgan fingerprint density at radius 2 is 1.48 bits per heavy atom. The van der Waals surface area contributed by atoms with Crippen LogP contribution in [0.5, 0.6) is 0 Å². The molecule has 1 atom stereocenters. The average Bonchev–Trinajstić information content (AvgIpc) is 2.35. The molecule has 0 heterocycles. The number of benzene rings is 1. The van der Waals surface area contributed by atoms with Crippen molar-refractivity contribution in [3.63, 3.8) is 0 Å². The molecule has 0 aliphatic heterocycles. The molecule has 132 valence electrons. The SMILES string of the molecule is CC(C)(C)C[SiH](OS(=O)(=O)C(F)(F)F)C(C)(C)c1ccccc1. The van der Waals surface area contributed by atoms with Crippen LogP contribution in [0.4, 0.5) is 13.2 Å². The topological polar surface area (TPSA) is 43.4 Å². The lowest BCUT2D eigenvalue weighted by atomic mass is 10.0. The van der Waals surface area contributed by atoms with Gasteiger partial charge >= 0.3 is 15.6 Å². The number of hydrogen-bond donors (Lipinski definition) is 0. The normalized spacial score (nSPS) is 15.5. The van der Waals surface area contributed by atoms with Crippen molar-refractivity contribution in [3.05, 3.63) is 35.9 Å².